The molecule has 23 heavy (non-hydrogen) atoms. The van der Waals surface area contributed by atoms with Crippen molar-refractivity contribution in [2.45, 2.75) is 31.6 Å². The zero-order chi connectivity index (χ0) is 17.4. The van der Waals surface area contributed by atoms with Crippen LogP contribution in [0.1, 0.15) is 29.9 Å². The number of aromatic nitrogens is 1. The molecule has 0 fully saturated rings. The zero-order valence-electron chi connectivity index (χ0n) is 13.8. The number of rotatable bonds is 4. The second kappa shape index (κ2) is 6.16. The first-order chi connectivity index (χ1) is 10.6. The maximum Gasteiger partial charge on any atom is 0.234 e. The van der Waals surface area contributed by atoms with E-state index in [4.69, 9.17) is 4.52 Å². The summed E-state index contributed by atoms with van der Waals surface area (Å²) in [5.41, 5.74) is 1.76. The molecule has 1 amide bonds. The van der Waals surface area contributed by atoms with Gasteiger partial charge in [0.15, 0.2) is 9.84 Å². The highest BCUT2D eigenvalue weighted by atomic mass is 32.2. The van der Waals surface area contributed by atoms with Crippen LogP contribution in [0.15, 0.2) is 33.7 Å². The number of carbonyl (C=O) groups excluding carboxylic acids is 1. The van der Waals surface area contributed by atoms with E-state index in [9.17, 15) is 13.2 Å². The molecule has 0 spiro atoms. The molecule has 0 aliphatic heterocycles. The highest BCUT2D eigenvalue weighted by molar-refractivity contribution is 7.90. The first-order valence-electron chi connectivity index (χ1n) is 7.14. The quantitative estimate of drug-likeness (QED) is 0.857. The van der Waals surface area contributed by atoms with Gasteiger partial charge in [-0.15, -0.1) is 0 Å². The van der Waals surface area contributed by atoms with Crippen LogP contribution in [-0.4, -0.2) is 32.8 Å². The van der Waals surface area contributed by atoms with Crippen LogP contribution in [0, 0.1) is 13.8 Å². The van der Waals surface area contributed by atoms with Gasteiger partial charge in [-0.3, -0.25) is 4.79 Å². The number of para-hydroxylation sites is 1. The maximum atomic E-state index is 12.8. The largest absolute Gasteiger partial charge is 0.361 e. The molecule has 0 N–H and O–H groups in total. The number of hydrogen-bond donors (Lipinski definition) is 0. The van der Waals surface area contributed by atoms with Crippen LogP contribution >= 0.6 is 0 Å². The van der Waals surface area contributed by atoms with E-state index in [2.05, 4.69) is 5.16 Å². The van der Waals surface area contributed by atoms with Gasteiger partial charge in [-0.2, -0.15) is 0 Å². The van der Waals surface area contributed by atoms with Gasteiger partial charge in [-0.1, -0.05) is 17.3 Å². The third-order valence-electron chi connectivity index (χ3n) is 3.85. The maximum absolute atomic E-state index is 12.8. The Morgan fingerprint density at radius 2 is 1.87 bits per heavy atom. The lowest BCUT2D eigenvalue weighted by Crippen LogP contribution is -2.32. The predicted molar refractivity (Wildman–Crippen MR) is 87.4 cm³/mol. The topological polar surface area (TPSA) is 80.5 Å². The fraction of sp³-hybridized carbons (Fsp3) is 0.375. The summed E-state index contributed by atoms with van der Waals surface area (Å²) in [6.07, 6.45) is 1.13. The Balaban J connectivity index is 2.42. The van der Waals surface area contributed by atoms with Gasteiger partial charge >= 0.3 is 0 Å². The van der Waals surface area contributed by atoms with E-state index in [1.165, 1.54) is 11.0 Å². The first-order valence-corrected chi connectivity index (χ1v) is 9.03. The van der Waals surface area contributed by atoms with Gasteiger partial charge in [0, 0.05) is 18.9 Å². The van der Waals surface area contributed by atoms with E-state index in [1.54, 1.807) is 46.0 Å². The van der Waals surface area contributed by atoms with Crippen LogP contribution in [0.5, 0.6) is 0 Å². The Morgan fingerprint density at radius 3 is 2.39 bits per heavy atom. The number of benzene rings is 1. The van der Waals surface area contributed by atoms with E-state index in [1.807, 2.05) is 0 Å². The van der Waals surface area contributed by atoms with Gasteiger partial charge in [0.25, 0.3) is 0 Å². The minimum atomic E-state index is -3.43. The van der Waals surface area contributed by atoms with Crippen molar-refractivity contribution in [2.24, 2.45) is 0 Å². The Kier molecular flexibility index (Phi) is 4.61. The molecule has 0 aliphatic rings. The van der Waals surface area contributed by atoms with E-state index < -0.39 is 15.8 Å². The molecule has 124 valence electrons. The van der Waals surface area contributed by atoms with Gasteiger partial charge in [0.1, 0.15) is 5.76 Å². The Morgan fingerprint density at radius 1 is 1.26 bits per heavy atom. The highest BCUT2D eigenvalue weighted by Gasteiger charge is 2.28. The van der Waals surface area contributed by atoms with Crippen molar-refractivity contribution in [3.8, 4) is 0 Å². The second-order valence-corrected chi connectivity index (χ2v) is 7.58. The monoisotopic (exact) mass is 336 g/mol. The summed E-state index contributed by atoms with van der Waals surface area (Å²) >= 11 is 0. The van der Waals surface area contributed by atoms with Gasteiger partial charge in [-0.25, -0.2) is 8.42 Å². The number of carbonyl (C=O) groups is 1. The molecule has 0 aliphatic carbocycles. The summed E-state index contributed by atoms with van der Waals surface area (Å²) in [6, 6.07) is 6.45. The Labute approximate surface area is 136 Å². The molecule has 2 rings (SSSR count). The van der Waals surface area contributed by atoms with E-state index >= 15 is 0 Å². The Bertz CT molecular complexity index is 820. The van der Waals surface area contributed by atoms with E-state index in [-0.39, 0.29) is 10.8 Å². The number of nitrogens with zero attached hydrogens (tertiary/aromatic N) is 2. The van der Waals surface area contributed by atoms with Gasteiger partial charge in [0.2, 0.25) is 5.91 Å². The average molecular weight is 336 g/mol. The lowest BCUT2D eigenvalue weighted by atomic mass is 9.98. The van der Waals surface area contributed by atoms with Crippen molar-refractivity contribution in [1.82, 2.24) is 5.16 Å². The van der Waals surface area contributed by atoms with Crippen LogP contribution in [0.25, 0.3) is 0 Å². The van der Waals surface area contributed by atoms with Crippen LogP contribution in [0.4, 0.5) is 5.69 Å². The minimum Gasteiger partial charge on any atom is -0.361 e. The molecule has 7 heteroatoms. The van der Waals surface area contributed by atoms with E-state index in [0.29, 0.717) is 17.1 Å². The van der Waals surface area contributed by atoms with Crippen LogP contribution in [-0.2, 0) is 14.6 Å². The lowest BCUT2D eigenvalue weighted by molar-refractivity contribution is -0.119. The van der Waals surface area contributed by atoms with Crippen molar-refractivity contribution >= 4 is 21.4 Å². The molecular weight excluding hydrogens is 316 g/mol. The molecule has 1 aromatic heterocycles. The molecule has 0 bridgehead atoms. The van der Waals surface area contributed by atoms with Gasteiger partial charge in [0.05, 0.1) is 22.2 Å². The van der Waals surface area contributed by atoms with E-state index in [0.717, 1.165) is 11.8 Å². The van der Waals surface area contributed by atoms with Gasteiger partial charge < -0.3 is 9.42 Å². The zero-order valence-corrected chi connectivity index (χ0v) is 14.6. The minimum absolute atomic E-state index is 0.127. The van der Waals surface area contributed by atoms with Crippen molar-refractivity contribution in [2.75, 3.05) is 18.2 Å². The SMILES string of the molecule is Cc1noc(C)c1[C@H](C)C(=O)N(C)c1ccccc1S(C)(=O)=O. The standard InChI is InChI=1S/C16H20N2O4S/c1-10(15-11(2)17-22-12(15)3)16(19)18(4)13-8-6-7-9-14(13)23(5,20)21/h6-10H,1-5H3/t10-/m0/s1. The predicted octanol–water partition coefficient (Wildman–Crippen LogP) is 2.46. The van der Waals surface area contributed by atoms with Crippen LogP contribution < -0.4 is 4.90 Å². The third-order valence-corrected chi connectivity index (χ3v) is 4.99. The summed E-state index contributed by atoms with van der Waals surface area (Å²) < 4.78 is 29.0. The number of hydrogen-bond acceptors (Lipinski definition) is 5. The molecule has 0 unspecified atom stereocenters. The number of anilines is 1. The van der Waals surface area contributed by atoms with Crippen molar-refractivity contribution in [3.05, 3.63) is 41.3 Å². The van der Waals surface area contributed by atoms with Gasteiger partial charge in [-0.05, 0) is 32.9 Å². The number of sulfone groups is 1. The van der Waals surface area contributed by atoms with Crippen LogP contribution in [0.3, 0.4) is 0 Å². The van der Waals surface area contributed by atoms with Crippen molar-refractivity contribution in [3.63, 3.8) is 0 Å². The summed E-state index contributed by atoms with van der Waals surface area (Å²) in [7, 11) is -1.86. The summed E-state index contributed by atoms with van der Waals surface area (Å²) in [4.78, 5) is 14.3. The molecule has 0 saturated heterocycles. The number of aryl methyl sites for hydroxylation is 2. The molecule has 0 saturated carbocycles. The van der Waals surface area contributed by atoms with Crippen molar-refractivity contribution in [1.29, 1.82) is 0 Å². The summed E-state index contributed by atoms with van der Waals surface area (Å²) in [6.45, 7) is 5.29. The lowest BCUT2D eigenvalue weighted by Gasteiger charge is -2.23. The first kappa shape index (κ1) is 17.2. The third kappa shape index (κ3) is 3.29. The molecule has 1 heterocycles. The molecule has 1 atom stereocenters. The molecule has 2 aromatic rings. The summed E-state index contributed by atoms with van der Waals surface area (Å²) in [5, 5.41) is 3.87. The molecular formula is C16H20N2O4S. The summed E-state index contributed by atoms with van der Waals surface area (Å²) in [5.74, 6) is -0.123. The molecule has 6 nitrogen and oxygen atoms in total. The van der Waals surface area contributed by atoms with Crippen LogP contribution in [0.2, 0.25) is 0 Å². The normalized spacial score (nSPS) is 12.9. The second-order valence-electron chi connectivity index (χ2n) is 5.60. The van der Waals surface area contributed by atoms with Crippen molar-refractivity contribution < 1.29 is 17.7 Å². The number of amides is 1. The Hall–Kier alpha value is -2.15. The molecule has 1 aromatic carbocycles. The highest BCUT2D eigenvalue weighted by Crippen LogP contribution is 2.29. The fourth-order valence-electron chi connectivity index (χ4n) is 2.69. The average Bonchev–Trinajstić information content (AvgIpc) is 2.83. The fourth-order valence-corrected chi connectivity index (χ4v) is 3.60. The molecule has 0 radical (unpaired) electrons. The smallest absolute Gasteiger partial charge is 0.234 e. The number of likely N-dealkylation sites (N-methyl/N-ethyl adjacent to an activating group) is 1.